The van der Waals surface area contributed by atoms with E-state index < -0.39 is 0 Å². The highest BCUT2D eigenvalue weighted by atomic mass is 14.7. The van der Waals surface area contributed by atoms with E-state index in [1.54, 1.807) is 19.5 Å². The van der Waals surface area contributed by atoms with E-state index >= 15 is 0 Å². The molecule has 0 aliphatic carbocycles. The Hall–Kier alpha value is -0.920. The van der Waals surface area contributed by atoms with Crippen LogP contribution in [0.1, 0.15) is 19.8 Å². The zero-order valence-electron chi connectivity index (χ0n) is 6.62. The quantitative estimate of drug-likeness (QED) is 0.531. The van der Waals surface area contributed by atoms with Gasteiger partial charge in [-0.3, -0.25) is 9.98 Å². The van der Waals surface area contributed by atoms with Gasteiger partial charge in [-0.25, -0.2) is 0 Å². The first-order valence-electron chi connectivity index (χ1n) is 3.50. The predicted octanol–water partition coefficient (Wildman–Crippen LogP) is 2.07. The van der Waals surface area contributed by atoms with E-state index in [9.17, 15) is 0 Å². The van der Waals surface area contributed by atoms with Gasteiger partial charge in [-0.05, 0) is 12.5 Å². The summed E-state index contributed by atoms with van der Waals surface area (Å²) in [4.78, 5) is 7.77. The Morgan fingerprint density at radius 3 is 2.80 bits per heavy atom. The zero-order valence-corrected chi connectivity index (χ0v) is 6.62. The Morgan fingerprint density at radius 2 is 2.20 bits per heavy atom. The second-order valence-corrected chi connectivity index (χ2v) is 1.87. The summed E-state index contributed by atoms with van der Waals surface area (Å²) in [7, 11) is 1.74. The fraction of sp³-hybridized carbons (Fsp3) is 0.500. The van der Waals surface area contributed by atoms with E-state index in [-0.39, 0.29) is 0 Å². The van der Waals surface area contributed by atoms with E-state index in [4.69, 9.17) is 0 Å². The third kappa shape index (κ3) is 7.08. The van der Waals surface area contributed by atoms with Gasteiger partial charge in [-0.15, -0.1) is 0 Å². The van der Waals surface area contributed by atoms with Gasteiger partial charge in [0, 0.05) is 25.7 Å². The second kappa shape index (κ2) is 8.08. The van der Waals surface area contributed by atoms with Crippen LogP contribution >= 0.6 is 0 Å². The lowest BCUT2D eigenvalue weighted by Gasteiger charge is -1.78. The van der Waals surface area contributed by atoms with Crippen molar-refractivity contribution in [2.24, 2.45) is 9.98 Å². The minimum atomic E-state index is 1.05. The summed E-state index contributed by atoms with van der Waals surface area (Å²) < 4.78 is 0. The molecule has 0 aromatic carbocycles. The largest absolute Gasteiger partial charge is 0.296 e. The van der Waals surface area contributed by atoms with E-state index in [1.807, 2.05) is 12.3 Å². The summed E-state index contributed by atoms with van der Waals surface area (Å²) in [6.45, 7) is 2.13. The molecule has 0 saturated carbocycles. The van der Waals surface area contributed by atoms with Gasteiger partial charge in [0.1, 0.15) is 0 Å². The zero-order chi connectivity index (χ0) is 7.66. The standard InChI is InChI=1S/C8H14N2/c1-3-4-7-10-8-5-6-9-2/h5-8H,3-4H2,1-2H3/b8-5-,9-6-,10-7-. The molecule has 0 N–H and O–H groups in total. The summed E-state index contributed by atoms with van der Waals surface area (Å²) in [5, 5.41) is 0. The molecule has 0 aliphatic heterocycles. The highest BCUT2D eigenvalue weighted by Crippen LogP contribution is 1.81. The first kappa shape index (κ1) is 9.08. The van der Waals surface area contributed by atoms with E-state index in [0.717, 1.165) is 12.8 Å². The van der Waals surface area contributed by atoms with Crippen LogP contribution in [0.15, 0.2) is 22.3 Å². The number of allylic oxidation sites excluding steroid dienone is 1. The summed E-state index contributed by atoms with van der Waals surface area (Å²) in [6.07, 6.45) is 9.37. The maximum atomic E-state index is 4.00. The average Bonchev–Trinajstić information content (AvgIpc) is 1.97. The molecule has 2 nitrogen and oxygen atoms in total. The van der Waals surface area contributed by atoms with Gasteiger partial charge in [-0.1, -0.05) is 13.3 Å². The monoisotopic (exact) mass is 138 g/mol. The maximum Gasteiger partial charge on any atom is 0.0279 e. The molecule has 0 unspecified atom stereocenters. The van der Waals surface area contributed by atoms with E-state index in [2.05, 4.69) is 16.9 Å². The molecule has 0 atom stereocenters. The Balaban J connectivity index is 3.32. The van der Waals surface area contributed by atoms with Crippen LogP contribution < -0.4 is 0 Å². The minimum absolute atomic E-state index is 1.05. The van der Waals surface area contributed by atoms with Gasteiger partial charge in [-0.2, -0.15) is 0 Å². The molecule has 2 heteroatoms. The SMILES string of the molecule is CCC\C=N/C=C\C=N/C. The molecule has 0 aromatic heterocycles. The van der Waals surface area contributed by atoms with E-state index in [1.165, 1.54) is 0 Å². The number of hydrogen-bond donors (Lipinski definition) is 0. The van der Waals surface area contributed by atoms with Crippen molar-refractivity contribution in [3.63, 3.8) is 0 Å². The molecule has 0 radical (unpaired) electrons. The summed E-state index contributed by atoms with van der Waals surface area (Å²) in [5.74, 6) is 0. The minimum Gasteiger partial charge on any atom is -0.296 e. The van der Waals surface area contributed by atoms with Gasteiger partial charge in [0.05, 0.1) is 0 Å². The molecular weight excluding hydrogens is 124 g/mol. The second-order valence-electron chi connectivity index (χ2n) is 1.87. The predicted molar refractivity (Wildman–Crippen MR) is 47.0 cm³/mol. The topological polar surface area (TPSA) is 24.7 Å². The van der Waals surface area contributed by atoms with Crippen LogP contribution in [0.5, 0.6) is 0 Å². The lowest BCUT2D eigenvalue weighted by atomic mass is 10.4. The van der Waals surface area contributed by atoms with Crippen LogP contribution in [-0.2, 0) is 0 Å². The molecule has 0 fully saturated rings. The van der Waals surface area contributed by atoms with Crippen LogP contribution in [0.3, 0.4) is 0 Å². The van der Waals surface area contributed by atoms with Crippen LogP contribution in [0.25, 0.3) is 0 Å². The first-order valence-corrected chi connectivity index (χ1v) is 3.50. The normalized spacial score (nSPS) is 12.6. The first-order chi connectivity index (χ1) is 4.91. The Bertz CT molecular complexity index is 134. The molecule has 0 amide bonds. The molecular formula is C8H14N2. The average molecular weight is 138 g/mol. The van der Waals surface area contributed by atoms with Crippen molar-refractivity contribution in [3.05, 3.63) is 12.3 Å². The van der Waals surface area contributed by atoms with Gasteiger partial charge < -0.3 is 0 Å². The number of rotatable bonds is 4. The number of unbranched alkanes of at least 4 members (excludes halogenated alkanes) is 1. The molecule has 0 aliphatic rings. The third-order valence-electron chi connectivity index (χ3n) is 0.930. The fourth-order valence-corrected chi connectivity index (χ4v) is 0.439. The Morgan fingerprint density at radius 1 is 1.40 bits per heavy atom. The third-order valence-corrected chi connectivity index (χ3v) is 0.930. The van der Waals surface area contributed by atoms with Crippen LogP contribution in [-0.4, -0.2) is 19.5 Å². The van der Waals surface area contributed by atoms with Crippen molar-refractivity contribution < 1.29 is 0 Å². The summed E-state index contributed by atoms with van der Waals surface area (Å²) in [6, 6.07) is 0. The Labute approximate surface area is 62.4 Å². The summed E-state index contributed by atoms with van der Waals surface area (Å²) >= 11 is 0. The fourth-order valence-electron chi connectivity index (χ4n) is 0.439. The molecule has 56 valence electrons. The molecule has 0 heterocycles. The lowest BCUT2D eigenvalue weighted by molar-refractivity contribution is 1.01. The van der Waals surface area contributed by atoms with Gasteiger partial charge in [0.15, 0.2) is 0 Å². The highest BCUT2D eigenvalue weighted by molar-refractivity contribution is 5.71. The maximum absolute atomic E-state index is 4.00. The van der Waals surface area contributed by atoms with E-state index in [0.29, 0.717) is 0 Å². The van der Waals surface area contributed by atoms with Crippen molar-refractivity contribution in [2.45, 2.75) is 19.8 Å². The molecule has 0 rings (SSSR count). The van der Waals surface area contributed by atoms with Crippen molar-refractivity contribution in [3.8, 4) is 0 Å². The number of aliphatic imine (C=N–C) groups is 2. The van der Waals surface area contributed by atoms with Gasteiger partial charge in [0.2, 0.25) is 0 Å². The van der Waals surface area contributed by atoms with Gasteiger partial charge in [0.25, 0.3) is 0 Å². The van der Waals surface area contributed by atoms with Crippen molar-refractivity contribution in [1.82, 2.24) is 0 Å². The summed E-state index contributed by atoms with van der Waals surface area (Å²) in [5.41, 5.74) is 0. The molecule has 0 aromatic rings. The highest BCUT2D eigenvalue weighted by Gasteiger charge is 1.68. The molecule has 0 bridgehead atoms. The molecule has 10 heavy (non-hydrogen) atoms. The van der Waals surface area contributed by atoms with Crippen LogP contribution in [0, 0.1) is 0 Å². The van der Waals surface area contributed by atoms with Crippen molar-refractivity contribution in [2.75, 3.05) is 7.05 Å². The molecule has 0 spiro atoms. The number of hydrogen-bond acceptors (Lipinski definition) is 2. The Kier molecular flexibility index (Phi) is 7.34. The smallest absolute Gasteiger partial charge is 0.0279 e. The van der Waals surface area contributed by atoms with Crippen molar-refractivity contribution >= 4 is 12.4 Å². The van der Waals surface area contributed by atoms with Crippen molar-refractivity contribution in [1.29, 1.82) is 0 Å². The van der Waals surface area contributed by atoms with Gasteiger partial charge >= 0.3 is 0 Å². The van der Waals surface area contributed by atoms with Crippen LogP contribution in [0.2, 0.25) is 0 Å². The lowest BCUT2D eigenvalue weighted by Crippen LogP contribution is -1.69. The van der Waals surface area contributed by atoms with Crippen LogP contribution in [0.4, 0.5) is 0 Å². The molecule has 0 saturated heterocycles. The number of nitrogens with zero attached hydrogens (tertiary/aromatic N) is 2.